The van der Waals surface area contributed by atoms with Crippen LogP contribution in [0.15, 0.2) is 18.2 Å². The minimum Gasteiger partial charge on any atom is -0.505 e. The summed E-state index contributed by atoms with van der Waals surface area (Å²) in [5, 5.41) is 32.0. The van der Waals surface area contributed by atoms with Gasteiger partial charge in [0.1, 0.15) is 11.9 Å². The molecule has 16 heavy (non-hydrogen) atoms. The van der Waals surface area contributed by atoms with Gasteiger partial charge in [-0.2, -0.15) is 0 Å². The van der Waals surface area contributed by atoms with Crippen molar-refractivity contribution in [2.75, 3.05) is 19.3 Å². The van der Waals surface area contributed by atoms with Gasteiger partial charge in [0, 0.05) is 5.56 Å². The maximum atomic E-state index is 9.83. The van der Waals surface area contributed by atoms with E-state index in [0.29, 0.717) is 13.0 Å². The molecule has 1 rings (SSSR count). The predicted octanol–water partition coefficient (Wildman–Crippen LogP) is -0.0218. The lowest BCUT2D eigenvalue weighted by Gasteiger charge is -2.19. The number of nitrogens with two attached hydrogens (primary N) is 1. The number of phenols is 1. The van der Waals surface area contributed by atoms with E-state index >= 15 is 0 Å². The van der Waals surface area contributed by atoms with E-state index in [4.69, 9.17) is 5.73 Å². The first-order valence-electron chi connectivity index (χ1n) is 5.16. The average Bonchev–Trinajstić information content (AvgIpc) is 2.28. The minimum atomic E-state index is -1.13. The molecule has 0 aliphatic rings. The first-order valence-corrected chi connectivity index (χ1v) is 5.16. The van der Waals surface area contributed by atoms with E-state index in [1.165, 1.54) is 6.07 Å². The summed E-state index contributed by atoms with van der Waals surface area (Å²) >= 11 is 0. The summed E-state index contributed by atoms with van der Waals surface area (Å²) in [4.78, 5) is 0. The number of rotatable bonds is 5. The van der Waals surface area contributed by atoms with Crippen LogP contribution in [0.2, 0.25) is 0 Å². The monoisotopic (exact) mass is 226 g/mol. The Labute approximate surface area is 94.5 Å². The van der Waals surface area contributed by atoms with Crippen molar-refractivity contribution in [1.29, 1.82) is 0 Å². The van der Waals surface area contributed by atoms with Gasteiger partial charge < -0.3 is 26.4 Å². The molecule has 2 unspecified atom stereocenters. The normalized spacial score (nSPS) is 14.7. The number of hydrogen-bond acceptors (Lipinski definition) is 5. The van der Waals surface area contributed by atoms with E-state index in [1.807, 2.05) is 0 Å². The molecule has 0 radical (unpaired) electrons. The van der Waals surface area contributed by atoms with Gasteiger partial charge in [0.15, 0.2) is 0 Å². The van der Waals surface area contributed by atoms with Crippen molar-refractivity contribution in [2.24, 2.45) is 0 Å². The number of aliphatic hydroxyl groups excluding tert-OH is 2. The number of anilines is 1. The molecule has 90 valence electrons. The van der Waals surface area contributed by atoms with Crippen LogP contribution in [-0.2, 0) is 0 Å². The summed E-state index contributed by atoms with van der Waals surface area (Å²) < 4.78 is 0. The SMILES string of the molecule is CNCCC(O)C(O)c1cccc(N)c1O. The Bertz CT molecular complexity index is 344. The Kier molecular flexibility index (Phi) is 4.54. The Morgan fingerprint density at radius 2 is 2.06 bits per heavy atom. The van der Waals surface area contributed by atoms with Gasteiger partial charge in [-0.3, -0.25) is 0 Å². The second-order valence-corrected chi connectivity index (χ2v) is 3.69. The highest BCUT2D eigenvalue weighted by Gasteiger charge is 2.21. The van der Waals surface area contributed by atoms with Crippen LogP contribution < -0.4 is 11.1 Å². The van der Waals surface area contributed by atoms with Crippen LogP contribution in [0.25, 0.3) is 0 Å². The molecule has 1 aromatic rings. The van der Waals surface area contributed by atoms with Gasteiger partial charge >= 0.3 is 0 Å². The molecule has 0 bridgehead atoms. The predicted molar refractivity (Wildman–Crippen MR) is 62.0 cm³/mol. The smallest absolute Gasteiger partial charge is 0.144 e. The average molecular weight is 226 g/mol. The zero-order valence-electron chi connectivity index (χ0n) is 9.22. The first-order chi connectivity index (χ1) is 7.57. The third kappa shape index (κ3) is 2.85. The lowest BCUT2D eigenvalue weighted by Crippen LogP contribution is -2.23. The molecule has 6 N–H and O–H groups in total. The van der Waals surface area contributed by atoms with Crippen LogP contribution in [-0.4, -0.2) is 35.0 Å². The second-order valence-electron chi connectivity index (χ2n) is 3.69. The number of aliphatic hydroxyl groups is 2. The standard InChI is InChI=1S/C11H18N2O3/c1-13-6-5-9(14)11(16)7-3-2-4-8(12)10(7)15/h2-4,9,11,13-16H,5-6,12H2,1H3. The fourth-order valence-corrected chi connectivity index (χ4v) is 1.48. The van der Waals surface area contributed by atoms with E-state index in [0.717, 1.165) is 0 Å². The van der Waals surface area contributed by atoms with E-state index in [-0.39, 0.29) is 17.0 Å². The third-order valence-corrected chi connectivity index (χ3v) is 2.47. The lowest BCUT2D eigenvalue weighted by atomic mass is 10.0. The van der Waals surface area contributed by atoms with Crippen molar-refractivity contribution in [1.82, 2.24) is 5.32 Å². The molecule has 0 heterocycles. The molecule has 2 atom stereocenters. The fourth-order valence-electron chi connectivity index (χ4n) is 1.48. The summed E-state index contributed by atoms with van der Waals surface area (Å²) in [7, 11) is 1.76. The van der Waals surface area contributed by atoms with Crippen LogP contribution in [0.3, 0.4) is 0 Å². The summed E-state index contributed by atoms with van der Waals surface area (Å²) in [6.07, 6.45) is -1.66. The molecule has 0 spiro atoms. The van der Waals surface area contributed by atoms with Gasteiger partial charge in [-0.1, -0.05) is 12.1 Å². The Hall–Kier alpha value is -1.30. The fraction of sp³-hybridized carbons (Fsp3) is 0.455. The van der Waals surface area contributed by atoms with E-state index in [2.05, 4.69) is 5.32 Å². The summed E-state index contributed by atoms with van der Waals surface area (Å²) in [5.74, 6) is -0.168. The molecule has 5 nitrogen and oxygen atoms in total. The Morgan fingerprint density at radius 3 is 2.69 bits per heavy atom. The maximum Gasteiger partial charge on any atom is 0.144 e. The maximum absolute atomic E-state index is 9.83. The Balaban J connectivity index is 2.79. The van der Waals surface area contributed by atoms with E-state index in [1.54, 1.807) is 19.2 Å². The Morgan fingerprint density at radius 1 is 1.38 bits per heavy atom. The van der Waals surface area contributed by atoms with Gasteiger partial charge in [-0.05, 0) is 26.1 Å². The number of nitrogens with one attached hydrogen (secondary N) is 1. The molecular weight excluding hydrogens is 208 g/mol. The third-order valence-electron chi connectivity index (χ3n) is 2.47. The lowest BCUT2D eigenvalue weighted by molar-refractivity contribution is 0.0128. The van der Waals surface area contributed by atoms with Crippen molar-refractivity contribution in [2.45, 2.75) is 18.6 Å². The van der Waals surface area contributed by atoms with Crippen molar-refractivity contribution >= 4 is 5.69 Å². The highest BCUT2D eigenvalue weighted by Crippen LogP contribution is 2.31. The van der Waals surface area contributed by atoms with Gasteiger partial charge in [0.25, 0.3) is 0 Å². The number of para-hydroxylation sites is 1. The molecule has 0 aliphatic heterocycles. The zero-order chi connectivity index (χ0) is 12.1. The van der Waals surface area contributed by atoms with Crippen LogP contribution in [0.1, 0.15) is 18.1 Å². The molecule has 1 aromatic carbocycles. The summed E-state index contributed by atoms with van der Waals surface area (Å²) in [5.41, 5.74) is 5.95. The topological polar surface area (TPSA) is 98.7 Å². The molecule has 0 amide bonds. The molecule has 0 saturated carbocycles. The van der Waals surface area contributed by atoms with Crippen LogP contribution in [0.5, 0.6) is 5.75 Å². The van der Waals surface area contributed by atoms with Crippen LogP contribution in [0.4, 0.5) is 5.69 Å². The number of aromatic hydroxyl groups is 1. The second kappa shape index (κ2) is 5.69. The van der Waals surface area contributed by atoms with Crippen molar-refractivity contribution in [3.8, 4) is 5.75 Å². The van der Waals surface area contributed by atoms with Crippen LogP contribution in [0, 0.1) is 0 Å². The summed E-state index contributed by atoms with van der Waals surface area (Å²) in [6, 6.07) is 4.70. The number of nitrogen functional groups attached to an aromatic ring is 1. The van der Waals surface area contributed by atoms with E-state index in [9.17, 15) is 15.3 Å². The number of phenolic OH excluding ortho intramolecular Hbond substituents is 1. The van der Waals surface area contributed by atoms with Gasteiger partial charge in [-0.15, -0.1) is 0 Å². The molecule has 5 heteroatoms. The minimum absolute atomic E-state index is 0.168. The van der Waals surface area contributed by atoms with Crippen molar-refractivity contribution in [3.05, 3.63) is 23.8 Å². The first kappa shape index (κ1) is 12.8. The van der Waals surface area contributed by atoms with Crippen molar-refractivity contribution in [3.63, 3.8) is 0 Å². The molecule has 0 saturated heterocycles. The van der Waals surface area contributed by atoms with Gasteiger partial charge in [0.05, 0.1) is 11.8 Å². The number of hydrogen-bond donors (Lipinski definition) is 5. The quantitative estimate of drug-likeness (QED) is 0.359. The van der Waals surface area contributed by atoms with E-state index < -0.39 is 12.2 Å². The summed E-state index contributed by atoms with van der Waals surface area (Å²) in [6.45, 7) is 0.585. The van der Waals surface area contributed by atoms with Gasteiger partial charge in [-0.25, -0.2) is 0 Å². The molecular formula is C11H18N2O3. The number of benzene rings is 1. The van der Waals surface area contributed by atoms with Crippen molar-refractivity contribution < 1.29 is 15.3 Å². The zero-order valence-corrected chi connectivity index (χ0v) is 9.22. The molecule has 0 fully saturated rings. The molecule has 0 aromatic heterocycles. The van der Waals surface area contributed by atoms with Gasteiger partial charge in [0.2, 0.25) is 0 Å². The van der Waals surface area contributed by atoms with Crippen LogP contribution >= 0.6 is 0 Å². The highest BCUT2D eigenvalue weighted by molar-refractivity contribution is 5.56. The largest absolute Gasteiger partial charge is 0.505 e. The highest BCUT2D eigenvalue weighted by atomic mass is 16.3. The molecule has 0 aliphatic carbocycles.